The number of rotatable bonds is 50. The SMILES string of the molecule is C1CCC(OCCOCCOCCOCCOCCOCCOCCOCCOCCOCCOCCOCCOCCOCCOCCOCCOC2CCCCO2)OC1. The summed E-state index contributed by atoms with van der Waals surface area (Å²) in [5.41, 5.74) is 0. The zero-order valence-electron chi connectivity index (χ0n) is 37.2. The van der Waals surface area contributed by atoms with Gasteiger partial charge in [0.05, 0.1) is 211 Å². The highest BCUT2D eigenvalue weighted by Gasteiger charge is 2.14. The molecule has 2 aliphatic rings. The van der Waals surface area contributed by atoms with Crippen molar-refractivity contribution in [1.29, 1.82) is 0 Å². The Morgan fingerprint density at radius 3 is 0.525 bits per heavy atom. The second kappa shape index (κ2) is 48.7. The maximum atomic E-state index is 5.62. The van der Waals surface area contributed by atoms with Gasteiger partial charge in [0.15, 0.2) is 12.6 Å². The maximum absolute atomic E-state index is 5.62. The molecule has 2 unspecified atom stereocenters. The minimum Gasteiger partial charge on any atom is -0.377 e. The summed E-state index contributed by atoms with van der Waals surface area (Å²) in [5.74, 6) is 0. The molecule has 0 N–H and O–H groups in total. The van der Waals surface area contributed by atoms with Gasteiger partial charge in [0.2, 0.25) is 0 Å². The fourth-order valence-electron chi connectivity index (χ4n) is 5.34. The van der Waals surface area contributed by atoms with Crippen molar-refractivity contribution in [2.24, 2.45) is 0 Å². The molecule has 0 aromatic heterocycles. The van der Waals surface area contributed by atoms with Crippen molar-refractivity contribution in [3.8, 4) is 0 Å². The summed E-state index contributed by atoms with van der Waals surface area (Å²) in [4.78, 5) is 0. The van der Waals surface area contributed by atoms with E-state index in [4.69, 9.17) is 90.0 Å². The average Bonchev–Trinajstić information content (AvgIpc) is 3.29. The molecule has 0 radical (unpaired) electrons. The van der Waals surface area contributed by atoms with Crippen LogP contribution in [-0.4, -0.2) is 237 Å². The molecule has 2 aliphatic heterocycles. The third-order valence-electron chi connectivity index (χ3n) is 8.55. The molecule has 0 amide bonds. The van der Waals surface area contributed by atoms with E-state index in [1.807, 2.05) is 0 Å². The molecule has 61 heavy (non-hydrogen) atoms. The van der Waals surface area contributed by atoms with Gasteiger partial charge in [-0.25, -0.2) is 0 Å². The van der Waals surface area contributed by atoms with Gasteiger partial charge in [-0.15, -0.1) is 0 Å². The summed E-state index contributed by atoms with van der Waals surface area (Å²) in [6.45, 7) is 18.0. The first kappa shape index (κ1) is 56.4. The molecule has 0 spiro atoms. The lowest BCUT2D eigenvalue weighted by molar-refractivity contribution is -0.169. The summed E-state index contributed by atoms with van der Waals surface area (Å²) in [6, 6.07) is 0. The predicted octanol–water partition coefficient (Wildman–Crippen LogP) is 2.32. The molecule has 2 rings (SSSR count). The Labute approximate surface area is 365 Å². The summed E-state index contributed by atoms with van der Waals surface area (Å²) < 4.78 is 105. The highest BCUT2D eigenvalue weighted by molar-refractivity contribution is 4.55. The molecule has 2 fully saturated rings. The van der Waals surface area contributed by atoms with E-state index in [0.29, 0.717) is 211 Å². The second-order valence-electron chi connectivity index (χ2n) is 13.5. The van der Waals surface area contributed by atoms with E-state index in [1.165, 1.54) is 0 Å². The van der Waals surface area contributed by atoms with Gasteiger partial charge < -0.3 is 90.0 Å². The molecular formula is C42H82O19. The Hall–Kier alpha value is -0.760. The van der Waals surface area contributed by atoms with Gasteiger partial charge in [0, 0.05) is 13.2 Å². The van der Waals surface area contributed by atoms with Crippen LogP contribution < -0.4 is 0 Å². The molecule has 0 aliphatic carbocycles. The van der Waals surface area contributed by atoms with Gasteiger partial charge in [-0.1, -0.05) is 0 Å². The van der Waals surface area contributed by atoms with Crippen LogP contribution >= 0.6 is 0 Å². The van der Waals surface area contributed by atoms with Gasteiger partial charge in [-0.2, -0.15) is 0 Å². The highest BCUT2D eigenvalue weighted by atomic mass is 16.7. The Balaban J connectivity index is 1.09. The molecule has 0 aromatic rings. The highest BCUT2D eigenvalue weighted by Crippen LogP contribution is 2.14. The standard InChI is InChI=1S/C42H82O19/c1-3-7-58-41(5-1)60-39-37-56-35-33-54-31-29-52-27-25-50-23-21-48-19-17-46-15-13-44-11-9-43-10-12-45-14-16-47-18-20-49-22-24-51-26-28-53-30-32-55-34-36-57-38-40-61-42-6-2-4-8-59-42/h41-42H,1-40H2. The molecular weight excluding hydrogens is 808 g/mol. The van der Waals surface area contributed by atoms with Crippen molar-refractivity contribution < 1.29 is 90.0 Å². The topological polar surface area (TPSA) is 175 Å². The van der Waals surface area contributed by atoms with Gasteiger partial charge >= 0.3 is 0 Å². The van der Waals surface area contributed by atoms with Gasteiger partial charge in [0.25, 0.3) is 0 Å². The fourth-order valence-corrected chi connectivity index (χ4v) is 5.34. The Bertz CT molecular complexity index is 761. The Morgan fingerprint density at radius 1 is 0.213 bits per heavy atom. The van der Waals surface area contributed by atoms with Gasteiger partial charge in [-0.3, -0.25) is 0 Å². The van der Waals surface area contributed by atoms with Crippen LogP contribution in [0.5, 0.6) is 0 Å². The first-order chi connectivity index (χ1) is 30.4. The summed E-state index contributed by atoms with van der Waals surface area (Å²) in [7, 11) is 0. The molecule has 0 bridgehead atoms. The van der Waals surface area contributed by atoms with Gasteiger partial charge in [-0.05, 0) is 38.5 Å². The lowest BCUT2D eigenvalue weighted by Gasteiger charge is -2.22. The van der Waals surface area contributed by atoms with E-state index in [1.54, 1.807) is 0 Å². The van der Waals surface area contributed by atoms with E-state index in [9.17, 15) is 0 Å². The number of ether oxygens (including phenoxy) is 19. The monoisotopic (exact) mass is 891 g/mol. The minimum absolute atomic E-state index is 0.0706. The first-order valence-corrected chi connectivity index (χ1v) is 22.6. The number of hydrogen-bond donors (Lipinski definition) is 0. The summed E-state index contributed by atoms with van der Waals surface area (Å²) >= 11 is 0. The van der Waals surface area contributed by atoms with Crippen LogP contribution in [0.2, 0.25) is 0 Å². The molecule has 19 heteroatoms. The minimum atomic E-state index is -0.0706. The van der Waals surface area contributed by atoms with Crippen molar-refractivity contribution in [2.45, 2.75) is 51.1 Å². The van der Waals surface area contributed by atoms with E-state index >= 15 is 0 Å². The van der Waals surface area contributed by atoms with E-state index in [0.717, 1.165) is 51.7 Å². The third-order valence-corrected chi connectivity index (χ3v) is 8.55. The Morgan fingerprint density at radius 2 is 0.377 bits per heavy atom. The lowest BCUT2D eigenvalue weighted by atomic mass is 10.2. The van der Waals surface area contributed by atoms with Crippen molar-refractivity contribution in [2.75, 3.05) is 225 Å². The number of hydrogen-bond acceptors (Lipinski definition) is 19. The molecule has 0 saturated carbocycles. The van der Waals surface area contributed by atoms with Gasteiger partial charge in [0.1, 0.15) is 0 Å². The first-order valence-electron chi connectivity index (χ1n) is 22.6. The van der Waals surface area contributed by atoms with Crippen LogP contribution in [0.15, 0.2) is 0 Å². The van der Waals surface area contributed by atoms with Crippen molar-refractivity contribution >= 4 is 0 Å². The van der Waals surface area contributed by atoms with Crippen molar-refractivity contribution in [1.82, 2.24) is 0 Å². The van der Waals surface area contributed by atoms with Crippen LogP contribution in [0.4, 0.5) is 0 Å². The van der Waals surface area contributed by atoms with Crippen LogP contribution in [0.3, 0.4) is 0 Å². The van der Waals surface area contributed by atoms with E-state index < -0.39 is 0 Å². The zero-order chi connectivity index (χ0) is 42.9. The Kier molecular flexibility index (Phi) is 45.0. The van der Waals surface area contributed by atoms with Crippen LogP contribution in [-0.2, 0) is 90.0 Å². The molecule has 2 heterocycles. The van der Waals surface area contributed by atoms with Crippen molar-refractivity contribution in [3.05, 3.63) is 0 Å². The zero-order valence-corrected chi connectivity index (χ0v) is 37.2. The molecule has 0 aromatic carbocycles. The van der Waals surface area contributed by atoms with Crippen LogP contribution in [0.1, 0.15) is 38.5 Å². The third kappa shape index (κ3) is 42.9. The van der Waals surface area contributed by atoms with E-state index in [2.05, 4.69) is 0 Å². The smallest absolute Gasteiger partial charge is 0.157 e. The van der Waals surface area contributed by atoms with E-state index in [-0.39, 0.29) is 12.6 Å². The molecule has 2 atom stereocenters. The normalized spacial score (nSPS) is 17.1. The quantitative estimate of drug-likeness (QED) is 0.0814. The lowest BCUT2D eigenvalue weighted by Crippen LogP contribution is -2.24. The predicted molar refractivity (Wildman–Crippen MR) is 221 cm³/mol. The average molecular weight is 891 g/mol. The maximum Gasteiger partial charge on any atom is 0.157 e. The molecule has 19 nitrogen and oxygen atoms in total. The molecule has 2 saturated heterocycles. The van der Waals surface area contributed by atoms with Crippen molar-refractivity contribution in [3.63, 3.8) is 0 Å². The van der Waals surface area contributed by atoms with Crippen LogP contribution in [0, 0.1) is 0 Å². The second-order valence-corrected chi connectivity index (χ2v) is 13.5. The summed E-state index contributed by atoms with van der Waals surface area (Å²) in [5, 5.41) is 0. The largest absolute Gasteiger partial charge is 0.377 e. The van der Waals surface area contributed by atoms with Crippen LogP contribution in [0.25, 0.3) is 0 Å². The fraction of sp³-hybridized carbons (Fsp3) is 1.00. The summed E-state index contributed by atoms with van der Waals surface area (Å²) in [6.07, 6.45) is 6.35. The molecule has 364 valence electrons.